The summed E-state index contributed by atoms with van der Waals surface area (Å²) in [6.07, 6.45) is -0.297. The molecule has 6 N–H and O–H groups in total. The molecule has 2 heterocycles. The molecule has 204 valence electrons. The van der Waals surface area contributed by atoms with Gasteiger partial charge in [0.2, 0.25) is 0 Å². The Bertz CT molecular complexity index is 1360. The number of ether oxygens (including phenoxy) is 2. The number of nitrogens with zero attached hydrogens (tertiary/aromatic N) is 3. The number of fused-ring (bicyclic) bond motifs is 1. The fourth-order valence-electron chi connectivity index (χ4n) is 3.51. The van der Waals surface area contributed by atoms with Gasteiger partial charge in [-0.1, -0.05) is 18.2 Å². The van der Waals surface area contributed by atoms with Crippen LogP contribution in [0.5, 0.6) is 5.75 Å². The summed E-state index contributed by atoms with van der Waals surface area (Å²) in [4.78, 5) is 17.4. The van der Waals surface area contributed by atoms with E-state index in [0.29, 0.717) is 6.42 Å². The van der Waals surface area contributed by atoms with Crippen molar-refractivity contribution >= 4 is 11.6 Å². The van der Waals surface area contributed by atoms with E-state index in [1.54, 1.807) is 6.92 Å². The lowest BCUT2D eigenvalue weighted by Crippen LogP contribution is -2.29. The van der Waals surface area contributed by atoms with Crippen molar-refractivity contribution in [3.8, 4) is 17.0 Å². The smallest absolute Gasteiger partial charge is 0.417 e. The Kier molecular flexibility index (Phi) is 8.63. The van der Waals surface area contributed by atoms with Crippen LogP contribution in [0.15, 0.2) is 54.5 Å². The molecule has 38 heavy (non-hydrogen) atoms. The van der Waals surface area contributed by atoms with Gasteiger partial charge in [0.25, 0.3) is 5.91 Å². The highest BCUT2D eigenvalue weighted by Crippen LogP contribution is 2.37. The lowest BCUT2D eigenvalue weighted by Gasteiger charge is -2.18. The molecule has 0 saturated heterocycles. The van der Waals surface area contributed by atoms with E-state index >= 15 is 0 Å². The Morgan fingerprint density at radius 3 is 2.61 bits per heavy atom. The van der Waals surface area contributed by atoms with E-state index in [2.05, 4.69) is 15.4 Å². The molecule has 0 unspecified atom stereocenters. The number of aromatic nitrogens is 3. The van der Waals surface area contributed by atoms with Gasteiger partial charge >= 0.3 is 6.18 Å². The number of halogens is 3. The summed E-state index contributed by atoms with van der Waals surface area (Å²) in [5, 5.41) is 16.5. The average molecular weight is 535 g/mol. The number of aryl methyl sites for hydroxylation is 1. The van der Waals surface area contributed by atoms with Gasteiger partial charge in [0, 0.05) is 18.1 Å². The summed E-state index contributed by atoms with van der Waals surface area (Å²) >= 11 is 0. The van der Waals surface area contributed by atoms with Gasteiger partial charge in [0.15, 0.2) is 22.9 Å². The zero-order valence-electron chi connectivity index (χ0n) is 21.0. The molecule has 0 spiro atoms. The zero-order chi connectivity index (χ0) is 28.1. The van der Waals surface area contributed by atoms with E-state index in [4.69, 9.17) is 20.9 Å². The van der Waals surface area contributed by atoms with Gasteiger partial charge in [-0.25, -0.2) is 9.50 Å². The van der Waals surface area contributed by atoms with Crippen molar-refractivity contribution in [1.82, 2.24) is 19.9 Å². The number of hydrogen-bond donors (Lipinski definition) is 4. The van der Waals surface area contributed by atoms with Gasteiger partial charge in [-0.15, -0.1) is 0 Å². The summed E-state index contributed by atoms with van der Waals surface area (Å²) < 4.78 is 53.6. The van der Waals surface area contributed by atoms with Crippen molar-refractivity contribution in [2.75, 3.05) is 13.2 Å². The number of carbonyl (C=O) groups excluding carboxylic acids is 1. The van der Waals surface area contributed by atoms with Gasteiger partial charge < -0.3 is 31.4 Å². The van der Waals surface area contributed by atoms with Crippen LogP contribution in [0.1, 0.15) is 42.0 Å². The van der Waals surface area contributed by atoms with E-state index in [1.807, 2.05) is 0 Å². The second-order valence-electron chi connectivity index (χ2n) is 8.68. The van der Waals surface area contributed by atoms with E-state index in [-0.39, 0.29) is 53.1 Å². The number of alkyl halides is 3. The van der Waals surface area contributed by atoms with Gasteiger partial charge in [0.05, 0.1) is 30.2 Å². The highest BCUT2D eigenvalue weighted by Gasteiger charge is 2.34. The van der Waals surface area contributed by atoms with Gasteiger partial charge in [-0.2, -0.15) is 18.3 Å². The van der Waals surface area contributed by atoms with Crippen LogP contribution in [-0.2, 0) is 10.9 Å². The number of allylic oxidation sites excluding steroid dienone is 2. The number of aliphatic hydroxyl groups is 1. The van der Waals surface area contributed by atoms with Crippen molar-refractivity contribution in [1.29, 1.82) is 0 Å². The molecule has 3 rings (SSSR count). The monoisotopic (exact) mass is 534 g/mol. The largest absolute Gasteiger partial charge is 0.489 e. The van der Waals surface area contributed by atoms with Crippen molar-refractivity contribution in [2.45, 2.75) is 39.2 Å². The van der Waals surface area contributed by atoms with Crippen molar-refractivity contribution < 1.29 is 32.5 Å². The maximum Gasteiger partial charge on any atom is 0.417 e. The number of rotatable bonds is 10. The Morgan fingerprint density at radius 1 is 1.24 bits per heavy atom. The third-order valence-electron chi connectivity index (χ3n) is 5.09. The van der Waals surface area contributed by atoms with Gasteiger partial charge in [0.1, 0.15) is 5.82 Å². The topological polar surface area (TPSA) is 150 Å². The third-order valence-corrected chi connectivity index (χ3v) is 5.09. The SMILES string of the molecule is Cc1nc2c(OCCCOC(C)(C)O)cc(-c3ccccc3C(F)(F)F)nn2c1C(=O)N/C(N)=C/C=C\N. The molecule has 0 saturated carbocycles. The second-order valence-corrected chi connectivity index (χ2v) is 8.68. The quantitative estimate of drug-likeness (QED) is 0.176. The van der Waals surface area contributed by atoms with Crippen LogP contribution < -0.4 is 21.5 Å². The molecule has 1 aromatic carbocycles. The molecular weight excluding hydrogens is 505 g/mol. The van der Waals surface area contributed by atoms with E-state index < -0.39 is 23.4 Å². The summed E-state index contributed by atoms with van der Waals surface area (Å²) in [6.45, 7) is 4.77. The van der Waals surface area contributed by atoms with Crippen molar-refractivity contribution in [3.05, 3.63) is 71.5 Å². The zero-order valence-corrected chi connectivity index (χ0v) is 21.0. The Morgan fingerprint density at radius 2 is 1.95 bits per heavy atom. The standard InChI is InChI=1S/C25H29F3N6O4/c1-15-21(23(35)32-20(30)10-6-11-29)34-22(31-15)19(37-12-7-13-38-24(2,3)36)14-18(33-34)16-8-4-5-9-17(16)25(26,27)28/h4-6,8-11,14,36H,7,12-13,29-30H2,1-3H3,(H,32,35)/b11-6-,20-10+. The maximum absolute atomic E-state index is 13.8. The first-order valence-electron chi connectivity index (χ1n) is 11.5. The minimum absolute atomic E-state index is 0.0205. The highest BCUT2D eigenvalue weighted by molar-refractivity contribution is 5.96. The third kappa shape index (κ3) is 7.01. The Balaban J connectivity index is 2.10. The van der Waals surface area contributed by atoms with Crippen LogP contribution in [0.4, 0.5) is 13.2 Å². The number of imidazole rings is 1. The minimum Gasteiger partial charge on any atom is -0.489 e. The number of hydrogen-bond acceptors (Lipinski definition) is 8. The molecule has 13 heteroatoms. The molecule has 0 aliphatic carbocycles. The molecular formula is C25H29F3N6O4. The van der Waals surface area contributed by atoms with Crippen molar-refractivity contribution in [2.24, 2.45) is 11.5 Å². The molecule has 0 bridgehead atoms. The lowest BCUT2D eigenvalue weighted by molar-refractivity contribution is -0.176. The molecule has 0 radical (unpaired) electrons. The predicted molar refractivity (Wildman–Crippen MR) is 134 cm³/mol. The first-order valence-corrected chi connectivity index (χ1v) is 11.5. The number of amides is 1. The van der Waals surface area contributed by atoms with Crippen LogP contribution in [-0.4, -0.2) is 44.6 Å². The van der Waals surface area contributed by atoms with Crippen LogP contribution in [0.3, 0.4) is 0 Å². The molecule has 0 fully saturated rings. The van der Waals surface area contributed by atoms with Crippen LogP contribution in [0.25, 0.3) is 16.9 Å². The number of nitrogens with two attached hydrogens (primary N) is 2. The van der Waals surface area contributed by atoms with E-state index in [9.17, 15) is 23.1 Å². The fraction of sp³-hybridized carbons (Fsp3) is 0.320. The Labute approximate surface area is 216 Å². The highest BCUT2D eigenvalue weighted by atomic mass is 19.4. The summed E-state index contributed by atoms with van der Waals surface area (Å²) in [7, 11) is 0. The normalized spacial score (nSPS) is 12.9. The van der Waals surface area contributed by atoms with Gasteiger partial charge in [-0.05, 0) is 45.2 Å². The maximum atomic E-state index is 13.8. The summed E-state index contributed by atoms with van der Waals surface area (Å²) in [6, 6.07) is 6.29. The molecule has 10 nitrogen and oxygen atoms in total. The Hall–Kier alpha value is -4.10. The van der Waals surface area contributed by atoms with Crippen molar-refractivity contribution in [3.63, 3.8) is 0 Å². The molecule has 1 amide bonds. The average Bonchev–Trinajstić information content (AvgIpc) is 3.17. The minimum atomic E-state index is -4.65. The first kappa shape index (κ1) is 28.5. The number of benzene rings is 1. The van der Waals surface area contributed by atoms with Crippen LogP contribution in [0.2, 0.25) is 0 Å². The first-order chi connectivity index (χ1) is 17.8. The van der Waals surface area contributed by atoms with Gasteiger partial charge in [-0.3, -0.25) is 4.79 Å². The summed E-state index contributed by atoms with van der Waals surface area (Å²) in [5.41, 5.74) is 10.2. The van der Waals surface area contributed by atoms with Crippen LogP contribution >= 0.6 is 0 Å². The molecule has 0 aliphatic rings. The molecule has 0 aliphatic heterocycles. The van der Waals surface area contributed by atoms with E-state index in [1.165, 1.54) is 56.5 Å². The lowest BCUT2D eigenvalue weighted by atomic mass is 10.0. The number of nitrogens with one attached hydrogen (secondary N) is 1. The molecule has 0 atom stereocenters. The second kappa shape index (κ2) is 11.5. The predicted octanol–water partition coefficient (Wildman–Crippen LogP) is 3.24. The van der Waals surface area contributed by atoms with E-state index in [0.717, 1.165) is 10.6 Å². The number of carbonyl (C=O) groups is 1. The fourth-order valence-corrected chi connectivity index (χ4v) is 3.51. The molecule has 2 aromatic heterocycles. The summed E-state index contributed by atoms with van der Waals surface area (Å²) in [5.74, 6) is -1.93. The molecule has 3 aromatic rings. The van der Waals surface area contributed by atoms with Crippen LogP contribution in [0, 0.1) is 6.92 Å².